The van der Waals surface area contributed by atoms with Crippen molar-refractivity contribution in [2.24, 2.45) is 5.41 Å². The van der Waals surface area contributed by atoms with Crippen LogP contribution in [0.15, 0.2) is 0 Å². The minimum atomic E-state index is -0.658. The van der Waals surface area contributed by atoms with Gasteiger partial charge in [0.1, 0.15) is 6.04 Å². The SMILES string of the molecule is CCN(CC(=O)NC(C)(C)C)C(=O)C(C)NC(=O)C(C)(C)C. The van der Waals surface area contributed by atoms with Crippen LogP contribution in [-0.2, 0) is 14.4 Å². The van der Waals surface area contributed by atoms with Crippen LogP contribution in [0.2, 0.25) is 0 Å². The molecule has 0 aromatic carbocycles. The average Bonchev–Trinajstić information content (AvgIpc) is 2.31. The Bertz CT molecular complexity index is 419. The maximum Gasteiger partial charge on any atom is 0.245 e. The summed E-state index contributed by atoms with van der Waals surface area (Å²) in [6.45, 7) is 14.8. The van der Waals surface area contributed by atoms with Gasteiger partial charge in [-0.25, -0.2) is 0 Å². The first-order valence-corrected chi connectivity index (χ1v) is 7.68. The van der Waals surface area contributed by atoms with Crippen LogP contribution in [0.3, 0.4) is 0 Å². The monoisotopic (exact) mass is 313 g/mol. The summed E-state index contributed by atoms with van der Waals surface area (Å²) >= 11 is 0. The fourth-order valence-corrected chi connectivity index (χ4v) is 1.73. The Morgan fingerprint density at radius 2 is 1.55 bits per heavy atom. The molecular formula is C16H31N3O3. The molecule has 0 aliphatic rings. The number of nitrogens with one attached hydrogen (secondary N) is 2. The highest BCUT2D eigenvalue weighted by Crippen LogP contribution is 2.13. The summed E-state index contributed by atoms with van der Waals surface area (Å²) in [5.74, 6) is -0.662. The first kappa shape index (κ1) is 20.4. The van der Waals surface area contributed by atoms with Crippen molar-refractivity contribution in [3.63, 3.8) is 0 Å². The van der Waals surface area contributed by atoms with E-state index in [2.05, 4.69) is 10.6 Å². The molecule has 0 aliphatic heterocycles. The average molecular weight is 313 g/mol. The Labute approximate surface area is 134 Å². The molecule has 6 nitrogen and oxygen atoms in total. The van der Waals surface area contributed by atoms with E-state index in [1.54, 1.807) is 34.6 Å². The molecule has 0 radical (unpaired) electrons. The van der Waals surface area contributed by atoms with Gasteiger partial charge in [-0.2, -0.15) is 0 Å². The van der Waals surface area contributed by atoms with E-state index in [9.17, 15) is 14.4 Å². The molecule has 0 fully saturated rings. The maximum atomic E-state index is 12.4. The standard InChI is InChI=1S/C16H31N3O3/c1-9-19(10-12(20)18-16(6,7)8)13(21)11(2)17-14(22)15(3,4)5/h11H,9-10H2,1-8H3,(H,17,22)(H,18,20). The van der Waals surface area contributed by atoms with Gasteiger partial charge in [0, 0.05) is 17.5 Å². The Kier molecular flexibility index (Phi) is 7.06. The zero-order valence-corrected chi connectivity index (χ0v) is 15.2. The molecule has 2 N–H and O–H groups in total. The molecule has 3 amide bonds. The molecule has 128 valence electrons. The smallest absolute Gasteiger partial charge is 0.245 e. The maximum absolute atomic E-state index is 12.4. The predicted molar refractivity (Wildman–Crippen MR) is 87.2 cm³/mol. The van der Waals surface area contributed by atoms with Crippen molar-refractivity contribution in [2.45, 2.75) is 67.0 Å². The number of carbonyl (C=O) groups excluding carboxylic acids is 3. The number of likely N-dealkylation sites (N-methyl/N-ethyl adjacent to an activating group) is 1. The first-order valence-electron chi connectivity index (χ1n) is 7.68. The van der Waals surface area contributed by atoms with Gasteiger partial charge >= 0.3 is 0 Å². The summed E-state index contributed by atoms with van der Waals surface area (Å²) in [4.78, 5) is 37.7. The summed E-state index contributed by atoms with van der Waals surface area (Å²) in [5.41, 5.74) is -0.902. The van der Waals surface area contributed by atoms with Gasteiger partial charge < -0.3 is 15.5 Å². The molecule has 6 heteroatoms. The molecule has 0 spiro atoms. The first-order chi connectivity index (χ1) is 9.77. The van der Waals surface area contributed by atoms with E-state index in [0.29, 0.717) is 6.54 Å². The lowest BCUT2D eigenvalue weighted by Gasteiger charge is -2.28. The van der Waals surface area contributed by atoms with E-state index >= 15 is 0 Å². The van der Waals surface area contributed by atoms with E-state index in [1.165, 1.54) is 4.90 Å². The van der Waals surface area contributed by atoms with Gasteiger partial charge in [-0.05, 0) is 34.6 Å². The number of rotatable bonds is 5. The van der Waals surface area contributed by atoms with Crippen LogP contribution in [0.4, 0.5) is 0 Å². The van der Waals surface area contributed by atoms with Gasteiger partial charge in [-0.1, -0.05) is 20.8 Å². The molecule has 1 atom stereocenters. The van der Waals surface area contributed by atoms with Gasteiger partial charge in [-0.3, -0.25) is 14.4 Å². The Morgan fingerprint density at radius 1 is 1.05 bits per heavy atom. The molecule has 0 aromatic heterocycles. The highest BCUT2D eigenvalue weighted by Gasteiger charge is 2.28. The summed E-state index contributed by atoms with van der Waals surface area (Å²) in [5, 5.41) is 5.52. The molecule has 1 unspecified atom stereocenters. The van der Waals surface area contributed by atoms with Crippen LogP contribution in [0, 0.1) is 5.41 Å². The number of hydrogen-bond donors (Lipinski definition) is 2. The second kappa shape index (κ2) is 7.61. The zero-order chi connectivity index (χ0) is 17.7. The van der Waals surface area contributed by atoms with Crippen molar-refractivity contribution in [3.8, 4) is 0 Å². The third kappa shape index (κ3) is 7.43. The van der Waals surface area contributed by atoms with E-state index in [0.717, 1.165) is 0 Å². The molecule has 0 saturated heterocycles. The number of nitrogens with zero attached hydrogens (tertiary/aromatic N) is 1. The van der Waals surface area contributed by atoms with Crippen LogP contribution in [0.1, 0.15) is 55.4 Å². The molecule has 0 bridgehead atoms. The van der Waals surface area contributed by atoms with E-state index in [-0.39, 0.29) is 29.8 Å². The van der Waals surface area contributed by atoms with Crippen molar-refractivity contribution >= 4 is 17.7 Å². The number of hydrogen-bond acceptors (Lipinski definition) is 3. The van der Waals surface area contributed by atoms with Gasteiger partial charge in [0.05, 0.1) is 6.54 Å². The van der Waals surface area contributed by atoms with Crippen molar-refractivity contribution in [2.75, 3.05) is 13.1 Å². The van der Waals surface area contributed by atoms with Crippen molar-refractivity contribution in [3.05, 3.63) is 0 Å². The molecular weight excluding hydrogens is 282 g/mol. The van der Waals surface area contributed by atoms with Gasteiger partial charge in [-0.15, -0.1) is 0 Å². The van der Waals surface area contributed by atoms with E-state index in [4.69, 9.17) is 0 Å². The lowest BCUT2D eigenvalue weighted by molar-refractivity contribution is -0.140. The van der Waals surface area contributed by atoms with Gasteiger partial charge in [0.15, 0.2) is 0 Å². The Morgan fingerprint density at radius 3 is 1.91 bits per heavy atom. The highest BCUT2D eigenvalue weighted by molar-refractivity contribution is 5.91. The fraction of sp³-hybridized carbons (Fsp3) is 0.812. The molecule has 0 aromatic rings. The van der Waals surface area contributed by atoms with Gasteiger partial charge in [0.25, 0.3) is 0 Å². The van der Waals surface area contributed by atoms with Crippen LogP contribution >= 0.6 is 0 Å². The minimum absolute atomic E-state index is 0.0116. The summed E-state index contributed by atoms with van der Waals surface area (Å²) in [6, 6.07) is -0.658. The normalized spacial score (nSPS) is 13.3. The lowest BCUT2D eigenvalue weighted by atomic mass is 9.95. The van der Waals surface area contributed by atoms with Crippen LogP contribution in [-0.4, -0.2) is 47.3 Å². The third-order valence-electron chi connectivity index (χ3n) is 2.94. The summed E-state index contributed by atoms with van der Waals surface area (Å²) in [6.07, 6.45) is 0. The molecule has 0 aliphatic carbocycles. The molecule has 22 heavy (non-hydrogen) atoms. The van der Waals surface area contributed by atoms with E-state index < -0.39 is 11.5 Å². The van der Waals surface area contributed by atoms with Gasteiger partial charge in [0.2, 0.25) is 17.7 Å². The van der Waals surface area contributed by atoms with E-state index in [1.807, 2.05) is 20.8 Å². The largest absolute Gasteiger partial charge is 0.350 e. The molecule has 0 rings (SSSR count). The summed E-state index contributed by atoms with van der Waals surface area (Å²) in [7, 11) is 0. The minimum Gasteiger partial charge on any atom is -0.350 e. The Balaban J connectivity index is 4.71. The second-order valence-electron chi connectivity index (χ2n) is 7.60. The predicted octanol–water partition coefficient (Wildman–Crippen LogP) is 1.30. The fourth-order valence-electron chi connectivity index (χ4n) is 1.73. The van der Waals surface area contributed by atoms with Crippen LogP contribution in [0.5, 0.6) is 0 Å². The molecule has 0 heterocycles. The summed E-state index contributed by atoms with van der Waals surface area (Å²) < 4.78 is 0. The second-order valence-corrected chi connectivity index (χ2v) is 7.60. The van der Waals surface area contributed by atoms with Crippen molar-refractivity contribution in [1.82, 2.24) is 15.5 Å². The van der Waals surface area contributed by atoms with Crippen molar-refractivity contribution in [1.29, 1.82) is 0 Å². The highest BCUT2D eigenvalue weighted by atomic mass is 16.2. The third-order valence-corrected chi connectivity index (χ3v) is 2.94. The van der Waals surface area contributed by atoms with Crippen molar-refractivity contribution < 1.29 is 14.4 Å². The Hall–Kier alpha value is -1.59. The molecule has 0 saturated carbocycles. The quantitative estimate of drug-likeness (QED) is 0.803. The lowest BCUT2D eigenvalue weighted by Crippen LogP contribution is -2.53. The van der Waals surface area contributed by atoms with Crippen LogP contribution < -0.4 is 10.6 Å². The van der Waals surface area contributed by atoms with Crippen LogP contribution in [0.25, 0.3) is 0 Å². The zero-order valence-electron chi connectivity index (χ0n) is 15.2. The number of carbonyl (C=O) groups is 3. The topological polar surface area (TPSA) is 78.5 Å². The number of amides is 3.